The zero-order valence-electron chi connectivity index (χ0n) is 9.85. The van der Waals surface area contributed by atoms with Gasteiger partial charge in [-0.2, -0.15) is 10.4 Å². The normalized spacial score (nSPS) is 10.3. The maximum absolute atomic E-state index is 8.64. The van der Waals surface area contributed by atoms with Gasteiger partial charge in [0.05, 0.1) is 18.4 Å². The molecule has 3 rings (SSSR count). The minimum atomic E-state index is 0.295. The van der Waals surface area contributed by atoms with Gasteiger partial charge in [0.25, 0.3) is 0 Å². The lowest BCUT2D eigenvalue weighted by Crippen LogP contribution is -2.08. The average Bonchev–Trinajstić information content (AvgIpc) is 2.94. The minimum Gasteiger partial charge on any atom is -0.363 e. The van der Waals surface area contributed by atoms with Gasteiger partial charge in [-0.05, 0) is 18.2 Å². The van der Waals surface area contributed by atoms with Crippen LogP contribution in [0.3, 0.4) is 0 Å². The second-order valence-electron chi connectivity index (χ2n) is 3.81. The Morgan fingerprint density at radius 1 is 1.16 bits per heavy atom. The van der Waals surface area contributed by atoms with Gasteiger partial charge in [0, 0.05) is 12.3 Å². The topological polar surface area (TPSA) is 91.8 Å². The SMILES string of the molecule is N#Cc1ccc(NCc2ccnc3ccnn23)nn1. The summed E-state index contributed by atoms with van der Waals surface area (Å²) in [6.45, 7) is 0.543. The molecular formula is C12H9N7. The third-order valence-electron chi connectivity index (χ3n) is 2.60. The molecule has 0 spiro atoms. The number of nitrogens with one attached hydrogen (secondary N) is 1. The van der Waals surface area contributed by atoms with Crippen LogP contribution in [0.4, 0.5) is 5.82 Å². The molecule has 0 radical (unpaired) electrons. The highest BCUT2D eigenvalue weighted by molar-refractivity contribution is 5.39. The van der Waals surface area contributed by atoms with Gasteiger partial charge in [-0.1, -0.05) is 0 Å². The lowest BCUT2D eigenvalue weighted by atomic mass is 10.3. The van der Waals surface area contributed by atoms with E-state index in [9.17, 15) is 0 Å². The van der Waals surface area contributed by atoms with Crippen molar-refractivity contribution in [2.24, 2.45) is 0 Å². The Morgan fingerprint density at radius 3 is 2.89 bits per heavy atom. The molecule has 0 aliphatic carbocycles. The molecule has 0 atom stereocenters. The van der Waals surface area contributed by atoms with Crippen molar-refractivity contribution in [3.05, 3.63) is 48.0 Å². The van der Waals surface area contributed by atoms with E-state index in [4.69, 9.17) is 5.26 Å². The van der Waals surface area contributed by atoms with Gasteiger partial charge in [0.2, 0.25) is 0 Å². The summed E-state index contributed by atoms with van der Waals surface area (Å²) in [7, 11) is 0. The first-order chi connectivity index (χ1) is 9.36. The van der Waals surface area contributed by atoms with E-state index in [-0.39, 0.29) is 0 Å². The zero-order valence-corrected chi connectivity index (χ0v) is 9.85. The van der Waals surface area contributed by atoms with Crippen LogP contribution in [-0.4, -0.2) is 24.8 Å². The maximum Gasteiger partial charge on any atom is 0.163 e. The summed E-state index contributed by atoms with van der Waals surface area (Å²) in [5, 5.41) is 23.6. The van der Waals surface area contributed by atoms with Gasteiger partial charge >= 0.3 is 0 Å². The van der Waals surface area contributed by atoms with Crippen LogP contribution in [0.25, 0.3) is 5.65 Å². The lowest BCUT2D eigenvalue weighted by Gasteiger charge is -2.06. The molecule has 7 heteroatoms. The fraction of sp³-hybridized carbons (Fsp3) is 0.0833. The molecule has 19 heavy (non-hydrogen) atoms. The second-order valence-corrected chi connectivity index (χ2v) is 3.81. The highest BCUT2D eigenvalue weighted by Crippen LogP contribution is 2.07. The summed E-state index contributed by atoms with van der Waals surface area (Å²) >= 11 is 0. The Bertz CT molecular complexity index is 739. The van der Waals surface area contributed by atoms with E-state index in [1.807, 2.05) is 18.2 Å². The monoisotopic (exact) mass is 251 g/mol. The van der Waals surface area contributed by atoms with Crippen molar-refractivity contribution in [3.8, 4) is 6.07 Å². The summed E-state index contributed by atoms with van der Waals surface area (Å²) in [5.41, 5.74) is 2.05. The number of hydrogen-bond donors (Lipinski definition) is 1. The fourth-order valence-corrected chi connectivity index (χ4v) is 1.69. The first kappa shape index (κ1) is 11.1. The minimum absolute atomic E-state index is 0.295. The van der Waals surface area contributed by atoms with E-state index in [0.29, 0.717) is 18.1 Å². The second kappa shape index (κ2) is 4.70. The van der Waals surface area contributed by atoms with Crippen LogP contribution >= 0.6 is 0 Å². The van der Waals surface area contributed by atoms with Crippen molar-refractivity contribution < 1.29 is 0 Å². The van der Waals surface area contributed by atoms with Crippen LogP contribution in [0.1, 0.15) is 11.4 Å². The highest BCUT2D eigenvalue weighted by atomic mass is 15.3. The van der Waals surface area contributed by atoms with Crippen molar-refractivity contribution in [3.63, 3.8) is 0 Å². The van der Waals surface area contributed by atoms with E-state index >= 15 is 0 Å². The molecule has 92 valence electrons. The molecule has 3 heterocycles. The van der Waals surface area contributed by atoms with E-state index in [1.165, 1.54) is 0 Å². The molecule has 0 saturated carbocycles. The number of fused-ring (bicyclic) bond motifs is 1. The van der Waals surface area contributed by atoms with Crippen LogP contribution in [0.5, 0.6) is 0 Å². The number of rotatable bonds is 3. The van der Waals surface area contributed by atoms with Gasteiger partial charge in [-0.3, -0.25) is 0 Å². The summed E-state index contributed by atoms with van der Waals surface area (Å²) in [6.07, 6.45) is 3.44. The van der Waals surface area contributed by atoms with E-state index in [1.54, 1.807) is 29.0 Å². The smallest absolute Gasteiger partial charge is 0.163 e. The Balaban J connectivity index is 1.78. The molecule has 7 nitrogen and oxygen atoms in total. The molecule has 1 N–H and O–H groups in total. The number of aromatic nitrogens is 5. The zero-order chi connectivity index (χ0) is 13.1. The van der Waals surface area contributed by atoms with Gasteiger partial charge in [-0.25, -0.2) is 9.50 Å². The van der Waals surface area contributed by atoms with Gasteiger partial charge in [-0.15, -0.1) is 10.2 Å². The predicted octanol–water partition coefficient (Wildman–Crippen LogP) is 1.00. The third kappa shape index (κ3) is 2.19. The molecule has 3 aromatic rings. The number of anilines is 1. The molecule has 0 aliphatic rings. The van der Waals surface area contributed by atoms with Gasteiger partial charge in [0.1, 0.15) is 11.9 Å². The molecule has 0 unspecified atom stereocenters. The molecule has 0 bridgehead atoms. The van der Waals surface area contributed by atoms with E-state index < -0.39 is 0 Å². The molecule has 0 amide bonds. The summed E-state index contributed by atoms with van der Waals surface area (Å²) in [4.78, 5) is 4.19. The molecule has 0 aliphatic heterocycles. The van der Waals surface area contributed by atoms with Gasteiger partial charge < -0.3 is 5.32 Å². The van der Waals surface area contributed by atoms with Crippen LogP contribution in [0.15, 0.2) is 36.7 Å². The average molecular weight is 251 g/mol. The Morgan fingerprint density at radius 2 is 2.11 bits per heavy atom. The predicted molar refractivity (Wildman–Crippen MR) is 67.1 cm³/mol. The fourth-order valence-electron chi connectivity index (χ4n) is 1.69. The molecule has 3 aromatic heterocycles. The Hall–Kier alpha value is -3.01. The first-order valence-corrected chi connectivity index (χ1v) is 5.62. The largest absolute Gasteiger partial charge is 0.363 e. The summed E-state index contributed by atoms with van der Waals surface area (Å²) < 4.78 is 1.75. The number of nitriles is 1. The van der Waals surface area contributed by atoms with Crippen LogP contribution in [0.2, 0.25) is 0 Å². The summed E-state index contributed by atoms with van der Waals surface area (Å²) in [5.74, 6) is 0.608. The standard InChI is InChI=1S/C12H9N7/c13-7-9-1-2-11(18-17-9)15-8-10-3-5-14-12-4-6-16-19(10)12/h1-6H,8H2,(H,15,18). The lowest BCUT2D eigenvalue weighted by molar-refractivity contribution is 0.848. The van der Waals surface area contributed by atoms with E-state index in [2.05, 4.69) is 25.6 Å². The highest BCUT2D eigenvalue weighted by Gasteiger charge is 2.02. The first-order valence-electron chi connectivity index (χ1n) is 5.62. The number of hydrogen-bond acceptors (Lipinski definition) is 6. The van der Waals surface area contributed by atoms with Crippen molar-refractivity contribution in [2.75, 3.05) is 5.32 Å². The number of nitrogens with zero attached hydrogens (tertiary/aromatic N) is 6. The van der Waals surface area contributed by atoms with Crippen molar-refractivity contribution in [2.45, 2.75) is 6.54 Å². The van der Waals surface area contributed by atoms with Crippen molar-refractivity contribution >= 4 is 11.5 Å². The third-order valence-corrected chi connectivity index (χ3v) is 2.60. The van der Waals surface area contributed by atoms with E-state index in [0.717, 1.165) is 11.3 Å². The van der Waals surface area contributed by atoms with Crippen LogP contribution in [0, 0.1) is 11.3 Å². The molecule has 0 fully saturated rings. The molecule has 0 aromatic carbocycles. The molecule has 0 saturated heterocycles. The summed E-state index contributed by atoms with van der Waals surface area (Å²) in [6, 6.07) is 8.97. The van der Waals surface area contributed by atoms with Gasteiger partial charge in [0.15, 0.2) is 11.3 Å². The van der Waals surface area contributed by atoms with Crippen molar-refractivity contribution in [1.82, 2.24) is 24.8 Å². The Kier molecular flexibility index (Phi) is 2.74. The van der Waals surface area contributed by atoms with Crippen LogP contribution < -0.4 is 5.32 Å². The van der Waals surface area contributed by atoms with Crippen molar-refractivity contribution in [1.29, 1.82) is 5.26 Å². The maximum atomic E-state index is 8.64. The van der Waals surface area contributed by atoms with Crippen LogP contribution in [-0.2, 0) is 6.54 Å². The quantitative estimate of drug-likeness (QED) is 0.746. The Labute approximate surface area is 108 Å². The molecular weight excluding hydrogens is 242 g/mol.